The molecule has 0 bridgehead atoms. The second kappa shape index (κ2) is 4.52. The van der Waals surface area contributed by atoms with Gasteiger partial charge in [-0.05, 0) is 32.0 Å². The summed E-state index contributed by atoms with van der Waals surface area (Å²) in [5.74, 6) is 0.308. The molecular formula is C13H13NO4. The molecule has 5 heteroatoms. The Bertz CT molecular complexity index is 638. The van der Waals surface area contributed by atoms with Gasteiger partial charge < -0.3 is 14.1 Å². The Morgan fingerprint density at radius 1 is 1.33 bits per heavy atom. The van der Waals surface area contributed by atoms with Crippen molar-refractivity contribution in [3.05, 3.63) is 57.9 Å². The zero-order valence-corrected chi connectivity index (χ0v) is 10.1. The maximum atomic E-state index is 11.7. The molecule has 94 valence electrons. The summed E-state index contributed by atoms with van der Waals surface area (Å²) < 4.78 is 6.80. The van der Waals surface area contributed by atoms with Crippen molar-refractivity contribution in [3.63, 3.8) is 0 Å². The van der Waals surface area contributed by atoms with Crippen molar-refractivity contribution < 1.29 is 14.3 Å². The summed E-state index contributed by atoms with van der Waals surface area (Å²) >= 11 is 0. The van der Waals surface area contributed by atoms with Crippen molar-refractivity contribution in [2.75, 3.05) is 0 Å². The fourth-order valence-electron chi connectivity index (χ4n) is 1.75. The molecule has 1 N–H and O–H groups in total. The summed E-state index contributed by atoms with van der Waals surface area (Å²) in [6, 6.07) is 5.78. The lowest BCUT2D eigenvalue weighted by Crippen LogP contribution is -2.23. The third-order valence-electron chi connectivity index (χ3n) is 2.78. The first kappa shape index (κ1) is 12.2. The molecule has 0 radical (unpaired) electrons. The molecule has 1 atom stereocenters. The van der Waals surface area contributed by atoms with E-state index in [1.165, 1.54) is 22.9 Å². The minimum absolute atomic E-state index is 0.0738. The predicted octanol–water partition coefficient (Wildman–Crippen LogP) is 2.06. The SMILES string of the molecule is Cc1ccc(C(C)n2cc(C(=O)O)ccc2=O)o1. The molecule has 2 heterocycles. The van der Waals surface area contributed by atoms with Gasteiger partial charge in [0.2, 0.25) is 0 Å². The van der Waals surface area contributed by atoms with Crippen LogP contribution < -0.4 is 5.56 Å². The van der Waals surface area contributed by atoms with Gasteiger partial charge in [0.15, 0.2) is 0 Å². The van der Waals surface area contributed by atoms with Gasteiger partial charge in [-0.1, -0.05) is 0 Å². The molecule has 2 aromatic heterocycles. The quantitative estimate of drug-likeness (QED) is 0.901. The molecule has 18 heavy (non-hydrogen) atoms. The van der Waals surface area contributed by atoms with E-state index < -0.39 is 5.97 Å². The number of nitrogens with zero attached hydrogens (tertiary/aromatic N) is 1. The maximum absolute atomic E-state index is 11.7. The van der Waals surface area contributed by atoms with Crippen molar-refractivity contribution >= 4 is 5.97 Å². The van der Waals surface area contributed by atoms with Crippen LogP contribution in [0.3, 0.4) is 0 Å². The van der Waals surface area contributed by atoms with Gasteiger partial charge >= 0.3 is 5.97 Å². The van der Waals surface area contributed by atoms with E-state index in [0.29, 0.717) is 5.76 Å². The number of carbonyl (C=O) groups is 1. The summed E-state index contributed by atoms with van der Waals surface area (Å²) in [7, 11) is 0. The number of hydrogen-bond acceptors (Lipinski definition) is 3. The van der Waals surface area contributed by atoms with E-state index in [9.17, 15) is 9.59 Å². The minimum atomic E-state index is -1.06. The Kier molecular flexibility index (Phi) is 3.06. The highest BCUT2D eigenvalue weighted by molar-refractivity contribution is 5.87. The number of carboxylic acids is 1. The van der Waals surface area contributed by atoms with Gasteiger partial charge in [-0.2, -0.15) is 0 Å². The number of hydrogen-bond donors (Lipinski definition) is 1. The summed E-state index contributed by atoms with van der Waals surface area (Å²) in [5.41, 5.74) is -0.189. The molecule has 2 aromatic rings. The van der Waals surface area contributed by atoms with Gasteiger partial charge in [-0.25, -0.2) is 4.79 Å². The molecule has 0 aliphatic carbocycles. The van der Waals surface area contributed by atoms with Crippen molar-refractivity contribution in [1.29, 1.82) is 0 Å². The average molecular weight is 247 g/mol. The van der Waals surface area contributed by atoms with Gasteiger partial charge in [0.25, 0.3) is 5.56 Å². The first-order valence-corrected chi connectivity index (χ1v) is 5.51. The van der Waals surface area contributed by atoms with Gasteiger partial charge in [0.1, 0.15) is 11.5 Å². The second-order valence-electron chi connectivity index (χ2n) is 4.09. The zero-order valence-electron chi connectivity index (χ0n) is 10.1. The lowest BCUT2D eigenvalue weighted by Gasteiger charge is -2.13. The highest BCUT2D eigenvalue weighted by Crippen LogP contribution is 2.19. The highest BCUT2D eigenvalue weighted by atomic mass is 16.4. The van der Waals surface area contributed by atoms with E-state index in [2.05, 4.69) is 0 Å². The lowest BCUT2D eigenvalue weighted by molar-refractivity contribution is 0.0695. The molecule has 0 fully saturated rings. The Balaban J connectivity index is 2.47. The Labute approximate surface area is 103 Å². The molecule has 0 amide bonds. The third kappa shape index (κ3) is 2.20. The van der Waals surface area contributed by atoms with Gasteiger partial charge in [-0.3, -0.25) is 4.79 Å². The number of aromatic nitrogens is 1. The van der Waals surface area contributed by atoms with Crippen LogP contribution in [0.2, 0.25) is 0 Å². The Hall–Kier alpha value is -2.30. The molecule has 0 aliphatic heterocycles. The van der Waals surface area contributed by atoms with Crippen LogP contribution in [-0.2, 0) is 0 Å². The molecule has 0 saturated carbocycles. The monoisotopic (exact) mass is 247 g/mol. The Morgan fingerprint density at radius 2 is 2.06 bits per heavy atom. The fraction of sp³-hybridized carbons (Fsp3) is 0.231. The molecule has 5 nitrogen and oxygen atoms in total. The maximum Gasteiger partial charge on any atom is 0.337 e. The molecular weight excluding hydrogens is 234 g/mol. The second-order valence-corrected chi connectivity index (χ2v) is 4.09. The van der Waals surface area contributed by atoms with Crippen LogP contribution >= 0.6 is 0 Å². The van der Waals surface area contributed by atoms with Crippen molar-refractivity contribution in [1.82, 2.24) is 4.57 Å². The van der Waals surface area contributed by atoms with Crippen molar-refractivity contribution in [2.24, 2.45) is 0 Å². The average Bonchev–Trinajstić information content (AvgIpc) is 2.75. The molecule has 0 aromatic carbocycles. The van der Waals surface area contributed by atoms with Gasteiger partial charge in [-0.15, -0.1) is 0 Å². The van der Waals surface area contributed by atoms with E-state index in [-0.39, 0.29) is 17.2 Å². The number of aryl methyl sites for hydroxylation is 1. The third-order valence-corrected chi connectivity index (χ3v) is 2.78. The normalized spacial score (nSPS) is 12.3. The van der Waals surface area contributed by atoms with Gasteiger partial charge in [0.05, 0.1) is 11.6 Å². The van der Waals surface area contributed by atoms with Crippen molar-refractivity contribution in [3.8, 4) is 0 Å². The van der Waals surface area contributed by atoms with Gasteiger partial charge in [0, 0.05) is 12.3 Å². The first-order valence-electron chi connectivity index (χ1n) is 5.51. The topological polar surface area (TPSA) is 72.4 Å². The molecule has 0 aliphatic rings. The number of pyridine rings is 1. The van der Waals surface area contributed by atoms with Crippen LogP contribution in [0.25, 0.3) is 0 Å². The fourth-order valence-corrected chi connectivity index (χ4v) is 1.75. The molecule has 1 unspecified atom stereocenters. The number of carboxylic acid groups (broad SMARTS) is 1. The minimum Gasteiger partial charge on any atom is -0.478 e. The Morgan fingerprint density at radius 3 is 2.61 bits per heavy atom. The molecule has 0 saturated heterocycles. The zero-order chi connectivity index (χ0) is 13.3. The van der Waals surface area contributed by atoms with Crippen molar-refractivity contribution in [2.45, 2.75) is 19.9 Å². The van der Waals surface area contributed by atoms with Crippen LogP contribution in [0.4, 0.5) is 0 Å². The van der Waals surface area contributed by atoms with E-state index >= 15 is 0 Å². The van der Waals surface area contributed by atoms with E-state index in [0.717, 1.165) is 5.76 Å². The summed E-state index contributed by atoms with van der Waals surface area (Å²) in [4.78, 5) is 22.6. The highest BCUT2D eigenvalue weighted by Gasteiger charge is 2.14. The van der Waals surface area contributed by atoms with Crippen LogP contribution in [0.15, 0.2) is 39.7 Å². The molecule has 2 rings (SSSR count). The largest absolute Gasteiger partial charge is 0.478 e. The molecule has 0 spiro atoms. The summed E-state index contributed by atoms with van der Waals surface area (Å²) in [6.45, 7) is 3.60. The number of rotatable bonds is 3. The van der Waals surface area contributed by atoms with E-state index in [1.807, 2.05) is 6.92 Å². The summed E-state index contributed by atoms with van der Waals surface area (Å²) in [5, 5.41) is 8.92. The first-order chi connectivity index (χ1) is 8.49. The summed E-state index contributed by atoms with van der Waals surface area (Å²) in [6.07, 6.45) is 1.33. The van der Waals surface area contributed by atoms with Crippen LogP contribution in [0.1, 0.15) is 34.8 Å². The van der Waals surface area contributed by atoms with Crippen LogP contribution in [0, 0.1) is 6.92 Å². The van der Waals surface area contributed by atoms with E-state index in [1.54, 1.807) is 19.1 Å². The van der Waals surface area contributed by atoms with Crippen LogP contribution in [-0.4, -0.2) is 15.6 Å². The predicted molar refractivity (Wildman–Crippen MR) is 64.9 cm³/mol. The number of aromatic carboxylic acids is 1. The standard InChI is InChI=1S/C13H13NO4/c1-8-3-5-11(18-8)9(2)14-7-10(13(16)17)4-6-12(14)15/h3-7,9H,1-2H3,(H,16,17). The number of furan rings is 1. The van der Waals surface area contributed by atoms with E-state index in [4.69, 9.17) is 9.52 Å². The smallest absolute Gasteiger partial charge is 0.337 e. The van der Waals surface area contributed by atoms with Crippen LogP contribution in [0.5, 0.6) is 0 Å². The lowest BCUT2D eigenvalue weighted by atomic mass is 10.2.